The van der Waals surface area contributed by atoms with Gasteiger partial charge in [0.25, 0.3) is 0 Å². The summed E-state index contributed by atoms with van der Waals surface area (Å²) in [7, 11) is 0. The number of hydrogen-bond acceptors (Lipinski definition) is 3. The van der Waals surface area contributed by atoms with E-state index in [2.05, 4.69) is 0 Å². The fourth-order valence-corrected chi connectivity index (χ4v) is 3.56. The predicted octanol–water partition coefficient (Wildman–Crippen LogP) is 3.56. The molecule has 1 heterocycles. The molecule has 0 N–H and O–H groups in total. The van der Waals surface area contributed by atoms with Gasteiger partial charge in [0.2, 0.25) is 11.8 Å². The molecule has 4 heteroatoms. The maximum atomic E-state index is 12.5. The minimum absolute atomic E-state index is 0.102. The zero-order chi connectivity index (χ0) is 15.5. The molecular formula is C18H17NO2S. The number of thioether (sulfide) groups is 1. The number of aryl methyl sites for hydroxylation is 1. The van der Waals surface area contributed by atoms with Crippen molar-refractivity contribution in [1.29, 1.82) is 0 Å². The van der Waals surface area contributed by atoms with E-state index in [4.69, 9.17) is 0 Å². The quantitative estimate of drug-likeness (QED) is 0.810. The van der Waals surface area contributed by atoms with Crippen molar-refractivity contribution in [3.63, 3.8) is 0 Å². The standard InChI is InChI=1S/C18H17NO2S/c1-13-7-9-15(10-8-13)19-17(20)11-16(18(19)21)22-12-14-5-3-2-4-6-14/h2-10,16H,11-12H2,1H3/t16-/m0/s1. The first-order chi connectivity index (χ1) is 10.6. The summed E-state index contributed by atoms with van der Waals surface area (Å²) in [6.45, 7) is 1.98. The van der Waals surface area contributed by atoms with Crippen LogP contribution in [0.2, 0.25) is 0 Å². The van der Waals surface area contributed by atoms with E-state index in [1.165, 1.54) is 22.2 Å². The molecule has 3 rings (SSSR count). The third-order valence-electron chi connectivity index (χ3n) is 3.69. The zero-order valence-corrected chi connectivity index (χ0v) is 13.2. The van der Waals surface area contributed by atoms with Gasteiger partial charge in [0.05, 0.1) is 10.9 Å². The second kappa shape index (κ2) is 6.36. The largest absolute Gasteiger partial charge is 0.274 e. The Hall–Kier alpha value is -2.07. The number of imide groups is 1. The summed E-state index contributed by atoms with van der Waals surface area (Å²) >= 11 is 1.54. The number of carbonyl (C=O) groups excluding carboxylic acids is 2. The molecular weight excluding hydrogens is 294 g/mol. The van der Waals surface area contributed by atoms with Crippen LogP contribution in [0.25, 0.3) is 0 Å². The lowest BCUT2D eigenvalue weighted by atomic mass is 10.2. The van der Waals surface area contributed by atoms with Gasteiger partial charge in [-0.05, 0) is 24.6 Å². The van der Waals surface area contributed by atoms with Crippen LogP contribution < -0.4 is 4.90 Å². The Morgan fingerprint density at radius 3 is 2.41 bits per heavy atom. The maximum Gasteiger partial charge on any atom is 0.247 e. The molecule has 2 aromatic rings. The van der Waals surface area contributed by atoms with E-state index >= 15 is 0 Å². The topological polar surface area (TPSA) is 37.4 Å². The van der Waals surface area contributed by atoms with Gasteiger partial charge >= 0.3 is 0 Å². The summed E-state index contributed by atoms with van der Waals surface area (Å²) in [6, 6.07) is 17.5. The highest BCUT2D eigenvalue weighted by molar-refractivity contribution is 7.99. The molecule has 1 saturated heterocycles. The van der Waals surface area contributed by atoms with Crippen LogP contribution in [-0.4, -0.2) is 17.1 Å². The lowest BCUT2D eigenvalue weighted by Crippen LogP contribution is -2.31. The minimum atomic E-state index is -0.283. The van der Waals surface area contributed by atoms with Crippen LogP contribution in [0.4, 0.5) is 5.69 Å². The Labute approximate surface area is 134 Å². The van der Waals surface area contributed by atoms with Crippen molar-refractivity contribution in [1.82, 2.24) is 0 Å². The van der Waals surface area contributed by atoms with Crippen LogP contribution in [0.15, 0.2) is 54.6 Å². The van der Waals surface area contributed by atoms with Gasteiger partial charge in [0.15, 0.2) is 0 Å². The second-order valence-corrected chi connectivity index (χ2v) is 6.58. The van der Waals surface area contributed by atoms with Crippen LogP contribution in [0, 0.1) is 6.92 Å². The molecule has 0 radical (unpaired) electrons. The van der Waals surface area contributed by atoms with E-state index in [1.807, 2.05) is 61.5 Å². The number of anilines is 1. The molecule has 0 spiro atoms. The lowest BCUT2D eigenvalue weighted by Gasteiger charge is -2.15. The van der Waals surface area contributed by atoms with Crippen molar-refractivity contribution in [2.75, 3.05) is 4.90 Å². The Morgan fingerprint density at radius 1 is 1.05 bits per heavy atom. The molecule has 0 bridgehead atoms. The Kier molecular flexibility index (Phi) is 4.29. The highest BCUT2D eigenvalue weighted by atomic mass is 32.2. The van der Waals surface area contributed by atoms with Crippen LogP contribution in [0.1, 0.15) is 17.5 Å². The van der Waals surface area contributed by atoms with Crippen molar-refractivity contribution in [2.24, 2.45) is 0 Å². The van der Waals surface area contributed by atoms with E-state index in [0.29, 0.717) is 5.69 Å². The molecule has 1 fully saturated rings. The Morgan fingerprint density at radius 2 is 1.73 bits per heavy atom. The molecule has 1 atom stereocenters. The van der Waals surface area contributed by atoms with Crippen LogP contribution in [0.3, 0.4) is 0 Å². The first-order valence-electron chi connectivity index (χ1n) is 7.24. The lowest BCUT2D eigenvalue weighted by molar-refractivity contribution is -0.121. The van der Waals surface area contributed by atoms with Crippen LogP contribution in [0.5, 0.6) is 0 Å². The minimum Gasteiger partial charge on any atom is -0.274 e. The molecule has 0 aromatic heterocycles. The van der Waals surface area contributed by atoms with E-state index in [0.717, 1.165) is 11.3 Å². The fraction of sp³-hybridized carbons (Fsp3) is 0.222. The van der Waals surface area contributed by atoms with Gasteiger partial charge < -0.3 is 0 Å². The van der Waals surface area contributed by atoms with Crippen molar-refractivity contribution in [3.8, 4) is 0 Å². The van der Waals surface area contributed by atoms with E-state index in [1.54, 1.807) is 0 Å². The molecule has 1 aliphatic rings. The highest BCUT2D eigenvalue weighted by Crippen LogP contribution is 2.31. The molecule has 2 amide bonds. The predicted molar refractivity (Wildman–Crippen MR) is 89.8 cm³/mol. The third kappa shape index (κ3) is 3.07. The zero-order valence-electron chi connectivity index (χ0n) is 12.4. The normalized spacial score (nSPS) is 18.0. The molecule has 1 aliphatic heterocycles. The molecule has 3 nitrogen and oxygen atoms in total. The van der Waals surface area contributed by atoms with Crippen molar-refractivity contribution in [3.05, 3.63) is 65.7 Å². The van der Waals surface area contributed by atoms with Crippen molar-refractivity contribution in [2.45, 2.75) is 24.3 Å². The molecule has 22 heavy (non-hydrogen) atoms. The Bertz CT molecular complexity index is 682. The summed E-state index contributed by atoms with van der Waals surface area (Å²) in [5.74, 6) is 0.529. The molecule has 0 aliphatic carbocycles. The van der Waals surface area contributed by atoms with Gasteiger partial charge in [-0.25, -0.2) is 4.90 Å². The number of hydrogen-bond donors (Lipinski definition) is 0. The summed E-state index contributed by atoms with van der Waals surface area (Å²) < 4.78 is 0. The first-order valence-corrected chi connectivity index (χ1v) is 8.29. The van der Waals surface area contributed by atoms with Crippen molar-refractivity contribution < 1.29 is 9.59 Å². The number of nitrogens with zero attached hydrogens (tertiary/aromatic N) is 1. The molecule has 2 aromatic carbocycles. The number of benzene rings is 2. The van der Waals surface area contributed by atoms with E-state index in [-0.39, 0.29) is 23.5 Å². The van der Waals surface area contributed by atoms with Crippen LogP contribution in [-0.2, 0) is 15.3 Å². The van der Waals surface area contributed by atoms with Gasteiger partial charge in [-0.15, -0.1) is 11.8 Å². The number of rotatable bonds is 4. The Balaban J connectivity index is 1.70. The summed E-state index contributed by atoms with van der Waals surface area (Å²) in [6.07, 6.45) is 0.282. The van der Waals surface area contributed by atoms with E-state index in [9.17, 15) is 9.59 Å². The average Bonchev–Trinajstić information content (AvgIpc) is 2.82. The van der Waals surface area contributed by atoms with Gasteiger partial charge in [-0.3, -0.25) is 9.59 Å². The smallest absolute Gasteiger partial charge is 0.247 e. The fourth-order valence-electron chi connectivity index (χ4n) is 2.47. The molecule has 0 unspecified atom stereocenters. The summed E-state index contributed by atoms with van der Waals surface area (Å²) in [4.78, 5) is 26.0. The van der Waals surface area contributed by atoms with Gasteiger partial charge in [-0.2, -0.15) is 0 Å². The van der Waals surface area contributed by atoms with Crippen molar-refractivity contribution >= 4 is 29.3 Å². The first kappa shape index (κ1) is 14.9. The highest BCUT2D eigenvalue weighted by Gasteiger charge is 2.39. The maximum absolute atomic E-state index is 12.5. The molecule has 112 valence electrons. The van der Waals surface area contributed by atoms with Gasteiger partial charge in [0, 0.05) is 12.2 Å². The van der Waals surface area contributed by atoms with E-state index < -0.39 is 0 Å². The SMILES string of the molecule is Cc1ccc(N2C(=O)C[C@H](SCc3ccccc3)C2=O)cc1. The summed E-state index contributed by atoms with van der Waals surface area (Å²) in [5.41, 5.74) is 2.95. The molecule has 0 saturated carbocycles. The van der Waals surface area contributed by atoms with Gasteiger partial charge in [0.1, 0.15) is 0 Å². The summed E-state index contributed by atoms with van der Waals surface area (Å²) in [5, 5.41) is -0.283. The number of amides is 2. The van der Waals surface area contributed by atoms with Gasteiger partial charge in [-0.1, -0.05) is 48.0 Å². The second-order valence-electron chi connectivity index (χ2n) is 5.39. The number of carbonyl (C=O) groups is 2. The third-order valence-corrected chi connectivity index (χ3v) is 4.96. The van der Waals surface area contributed by atoms with Crippen LogP contribution >= 0.6 is 11.8 Å². The average molecular weight is 311 g/mol. The monoisotopic (exact) mass is 311 g/mol.